The van der Waals surface area contributed by atoms with Crippen LogP contribution in [0.25, 0.3) is 0 Å². The van der Waals surface area contributed by atoms with E-state index in [-0.39, 0.29) is 34.3 Å². The number of benzene rings is 2. The number of anilines is 1. The minimum Gasteiger partial charge on any atom is -0.333 e. The van der Waals surface area contributed by atoms with Crippen molar-refractivity contribution in [3.63, 3.8) is 0 Å². The van der Waals surface area contributed by atoms with Crippen LogP contribution in [0.5, 0.6) is 0 Å². The Labute approximate surface area is 188 Å². The molecular weight excluding hydrogens is 469 g/mol. The Balaban J connectivity index is 1.90. The molecule has 3 rings (SSSR count). The third kappa shape index (κ3) is 6.27. The molecule has 0 aliphatic carbocycles. The Bertz CT molecular complexity index is 1180. The Hall–Kier alpha value is -3.97. The number of hydroxylamine groups is 1. The van der Waals surface area contributed by atoms with E-state index < -0.39 is 23.9 Å². The van der Waals surface area contributed by atoms with E-state index in [0.29, 0.717) is 0 Å². The number of nitrogens with one attached hydrogen (secondary N) is 2. The molecule has 0 aliphatic rings. The van der Waals surface area contributed by atoms with Crippen LogP contribution in [0.2, 0.25) is 5.02 Å². The first-order valence-corrected chi connectivity index (χ1v) is 9.36. The van der Waals surface area contributed by atoms with E-state index in [1.165, 1.54) is 36.4 Å². The van der Waals surface area contributed by atoms with Crippen molar-refractivity contribution in [2.24, 2.45) is 10.7 Å². The highest BCUT2D eigenvalue weighted by atomic mass is 35.5. The van der Waals surface area contributed by atoms with E-state index in [1.807, 2.05) is 0 Å². The number of hydrogen-bond donors (Lipinski definition) is 3. The number of rotatable bonds is 5. The molecule has 172 valence electrons. The van der Waals surface area contributed by atoms with Crippen molar-refractivity contribution in [1.82, 2.24) is 15.8 Å². The van der Waals surface area contributed by atoms with Gasteiger partial charge >= 0.3 is 12.1 Å². The Kier molecular flexibility index (Phi) is 7.25. The molecule has 0 saturated heterocycles. The van der Waals surface area contributed by atoms with Gasteiger partial charge in [-0.05, 0) is 46.2 Å². The zero-order valence-corrected chi connectivity index (χ0v) is 17.1. The molecule has 33 heavy (non-hydrogen) atoms. The number of aromatic nitrogens is 2. The summed E-state index contributed by atoms with van der Waals surface area (Å²) in [5, 5.41) is 9.72. The van der Waals surface area contributed by atoms with Gasteiger partial charge in [-0.3, -0.25) is 4.79 Å². The predicted molar refractivity (Wildman–Crippen MR) is 110 cm³/mol. The third-order valence-electron chi connectivity index (χ3n) is 3.92. The van der Waals surface area contributed by atoms with E-state index >= 15 is 0 Å². The lowest BCUT2D eigenvalue weighted by Crippen LogP contribution is -2.35. The molecule has 0 radical (unpaired) electrons. The standard InChI is InChI=1S/C19H14ClF3N6O4/c20-12-2-1-3-13(8-12)25-15(28-32-18(31)19(21,22)23)14-16(29-33-27-14)26-17(30)11-6-4-10(9-24)5-7-11/h1-8H,9,24H2,(H,25,28)(H,26,29,30). The Morgan fingerprint density at radius 1 is 1.15 bits per heavy atom. The summed E-state index contributed by atoms with van der Waals surface area (Å²) in [5.41, 5.74) is 8.13. The molecular formula is C19H14ClF3N6O4. The van der Waals surface area contributed by atoms with Crippen molar-refractivity contribution < 1.29 is 32.2 Å². The van der Waals surface area contributed by atoms with Crippen LogP contribution in [-0.4, -0.2) is 34.2 Å². The summed E-state index contributed by atoms with van der Waals surface area (Å²) in [6.45, 7) is 0.283. The second-order valence-electron chi connectivity index (χ2n) is 6.25. The van der Waals surface area contributed by atoms with Gasteiger partial charge in [0.05, 0.1) is 5.69 Å². The molecule has 0 unspecified atom stereocenters. The molecule has 1 heterocycles. The van der Waals surface area contributed by atoms with Crippen LogP contribution < -0.4 is 16.5 Å². The van der Waals surface area contributed by atoms with E-state index in [1.54, 1.807) is 17.6 Å². The zero-order chi connectivity index (χ0) is 24.0. The molecule has 0 saturated carbocycles. The van der Waals surface area contributed by atoms with Gasteiger partial charge in [0.1, 0.15) is 0 Å². The number of amides is 1. The fourth-order valence-electron chi connectivity index (χ4n) is 2.35. The van der Waals surface area contributed by atoms with Gasteiger partial charge in [0.2, 0.25) is 5.82 Å². The largest absolute Gasteiger partial charge is 0.493 e. The number of alkyl halides is 3. The molecule has 4 N–H and O–H groups in total. The van der Waals surface area contributed by atoms with Gasteiger partial charge in [-0.15, -0.1) is 0 Å². The molecule has 0 aliphatic heterocycles. The van der Waals surface area contributed by atoms with Gasteiger partial charge in [-0.2, -0.15) is 18.7 Å². The quantitative estimate of drug-likeness (QED) is 0.286. The molecule has 0 atom stereocenters. The van der Waals surface area contributed by atoms with Crippen LogP contribution >= 0.6 is 11.6 Å². The molecule has 0 fully saturated rings. The molecule has 10 nitrogen and oxygen atoms in total. The number of nitrogens with zero attached hydrogens (tertiary/aromatic N) is 3. The lowest BCUT2D eigenvalue weighted by molar-refractivity contribution is -0.203. The smallest absolute Gasteiger partial charge is 0.333 e. The number of carbonyl (C=O) groups is 2. The first-order chi connectivity index (χ1) is 15.7. The van der Waals surface area contributed by atoms with E-state index in [9.17, 15) is 22.8 Å². The molecule has 14 heteroatoms. The molecule has 0 bridgehead atoms. The van der Waals surface area contributed by atoms with Gasteiger partial charge < -0.3 is 15.9 Å². The monoisotopic (exact) mass is 482 g/mol. The van der Waals surface area contributed by atoms with E-state index in [0.717, 1.165) is 5.56 Å². The summed E-state index contributed by atoms with van der Waals surface area (Å²) in [6, 6.07) is 12.2. The number of aliphatic imine (C=N–C) groups is 1. The highest BCUT2D eigenvalue weighted by molar-refractivity contribution is 6.30. The number of amidine groups is 1. The van der Waals surface area contributed by atoms with Crippen molar-refractivity contribution in [3.8, 4) is 0 Å². The van der Waals surface area contributed by atoms with Crippen LogP contribution in [0.1, 0.15) is 21.6 Å². The van der Waals surface area contributed by atoms with Gasteiger partial charge in [0.25, 0.3) is 5.91 Å². The number of hydrogen-bond acceptors (Lipinski definition) is 8. The van der Waals surface area contributed by atoms with Gasteiger partial charge in [-0.25, -0.2) is 14.4 Å². The molecule has 1 amide bonds. The highest BCUT2D eigenvalue weighted by Gasteiger charge is 2.42. The minimum atomic E-state index is -5.27. The first-order valence-electron chi connectivity index (χ1n) is 8.99. The van der Waals surface area contributed by atoms with Crippen molar-refractivity contribution in [2.75, 3.05) is 5.32 Å². The molecule has 1 aromatic heterocycles. The number of nitrogens with two attached hydrogens (primary N) is 1. The van der Waals surface area contributed by atoms with Crippen molar-refractivity contribution in [2.45, 2.75) is 12.7 Å². The van der Waals surface area contributed by atoms with Crippen LogP contribution in [0.15, 0.2) is 58.2 Å². The van der Waals surface area contributed by atoms with E-state index in [2.05, 4.69) is 30.1 Å². The highest BCUT2D eigenvalue weighted by Crippen LogP contribution is 2.21. The van der Waals surface area contributed by atoms with Crippen LogP contribution in [-0.2, 0) is 16.2 Å². The molecule has 2 aromatic carbocycles. The summed E-state index contributed by atoms with van der Waals surface area (Å²) >= 11 is 5.89. The van der Waals surface area contributed by atoms with Crippen molar-refractivity contribution in [3.05, 3.63) is 70.4 Å². The number of carbonyl (C=O) groups excluding carboxylic acids is 2. The average molecular weight is 483 g/mol. The lowest BCUT2D eigenvalue weighted by Gasteiger charge is -2.10. The minimum absolute atomic E-state index is 0.158. The SMILES string of the molecule is NCc1ccc(C(=O)Nc2nonc2C(=Nc2cccc(Cl)c2)NOC(=O)C(F)(F)F)cc1. The summed E-state index contributed by atoms with van der Waals surface area (Å²) < 4.78 is 42.2. The maximum Gasteiger partial charge on any atom is 0.493 e. The van der Waals surface area contributed by atoms with Gasteiger partial charge in [-0.1, -0.05) is 29.8 Å². The Morgan fingerprint density at radius 2 is 1.88 bits per heavy atom. The normalized spacial score (nSPS) is 11.7. The Morgan fingerprint density at radius 3 is 2.52 bits per heavy atom. The van der Waals surface area contributed by atoms with Crippen molar-refractivity contribution >= 4 is 40.8 Å². The van der Waals surface area contributed by atoms with Crippen molar-refractivity contribution in [1.29, 1.82) is 0 Å². The fourth-order valence-corrected chi connectivity index (χ4v) is 2.53. The van der Waals surface area contributed by atoms with Crippen LogP contribution in [0, 0.1) is 0 Å². The summed E-state index contributed by atoms with van der Waals surface area (Å²) in [7, 11) is 0. The topological polar surface area (TPSA) is 145 Å². The molecule has 0 spiro atoms. The van der Waals surface area contributed by atoms with Crippen LogP contribution in [0.3, 0.4) is 0 Å². The van der Waals surface area contributed by atoms with Gasteiger partial charge in [0.15, 0.2) is 11.5 Å². The third-order valence-corrected chi connectivity index (χ3v) is 4.15. The summed E-state index contributed by atoms with van der Waals surface area (Å²) in [5.74, 6) is -4.00. The maximum atomic E-state index is 12.5. The molecule has 3 aromatic rings. The van der Waals surface area contributed by atoms with Gasteiger partial charge in [0, 0.05) is 17.1 Å². The predicted octanol–water partition coefficient (Wildman–Crippen LogP) is 3.12. The second-order valence-corrected chi connectivity index (χ2v) is 6.68. The first kappa shape index (κ1) is 23.7. The second kappa shape index (κ2) is 10.1. The van der Waals surface area contributed by atoms with Crippen LogP contribution in [0.4, 0.5) is 24.7 Å². The maximum absolute atomic E-state index is 12.5. The fraction of sp³-hybridized carbons (Fsp3) is 0.105. The zero-order valence-electron chi connectivity index (χ0n) is 16.4. The number of halogens is 4. The lowest BCUT2D eigenvalue weighted by atomic mass is 10.1. The average Bonchev–Trinajstić information content (AvgIpc) is 3.23. The summed E-state index contributed by atoms with van der Waals surface area (Å²) in [6.07, 6.45) is -5.27. The van der Waals surface area contributed by atoms with E-state index in [4.69, 9.17) is 17.3 Å². The summed E-state index contributed by atoms with van der Waals surface area (Å²) in [4.78, 5) is 31.7.